The maximum Gasteiger partial charge on any atom is 0.340 e. The van der Waals surface area contributed by atoms with Crippen LogP contribution in [0.5, 0.6) is 0 Å². The average Bonchev–Trinajstić information content (AvgIpc) is 2.71. The summed E-state index contributed by atoms with van der Waals surface area (Å²) >= 11 is 0. The van der Waals surface area contributed by atoms with Crippen LogP contribution < -0.4 is 0 Å². The third kappa shape index (κ3) is 1.40. The fraction of sp³-hybridized carbons (Fsp3) is 0.100. The number of nitro benzene ring substituents is 1. The summed E-state index contributed by atoms with van der Waals surface area (Å²) in [5.41, 5.74) is 0.596. The summed E-state index contributed by atoms with van der Waals surface area (Å²) in [6.07, 6.45) is 1.41. The Bertz CT molecular complexity index is 573. The predicted octanol–water partition coefficient (Wildman–Crippen LogP) is 1.86. The minimum absolute atomic E-state index is 0.112. The van der Waals surface area contributed by atoms with Gasteiger partial charge in [0.05, 0.1) is 28.5 Å². The van der Waals surface area contributed by atoms with E-state index in [2.05, 4.69) is 9.72 Å². The molecule has 2 aromatic rings. The van der Waals surface area contributed by atoms with Crippen molar-refractivity contribution in [2.45, 2.75) is 0 Å². The molecule has 0 unspecified atom stereocenters. The Morgan fingerprint density at radius 1 is 1.50 bits per heavy atom. The van der Waals surface area contributed by atoms with Crippen molar-refractivity contribution >= 4 is 22.6 Å². The van der Waals surface area contributed by atoms with E-state index in [0.29, 0.717) is 5.52 Å². The number of carbonyl (C=O) groups excluding carboxylic acids is 1. The number of aromatic amines is 1. The number of rotatable bonds is 2. The molecule has 1 heterocycles. The SMILES string of the molecule is COC(=O)c1c[nH]c2cccc([N+](=O)[O-])c12. The lowest BCUT2D eigenvalue weighted by Crippen LogP contribution is -2.00. The van der Waals surface area contributed by atoms with E-state index in [4.69, 9.17) is 0 Å². The van der Waals surface area contributed by atoms with Crippen LogP contribution in [0.25, 0.3) is 10.9 Å². The van der Waals surface area contributed by atoms with E-state index >= 15 is 0 Å². The van der Waals surface area contributed by atoms with Gasteiger partial charge in [-0.2, -0.15) is 0 Å². The van der Waals surface area contributed by atoms with Crippen molar-refractivity contribution in [3.63, 3.8) is 0 Å². The van der Waals surface area contributed by atoms with Crippen LogP contribution in [-0.2, 0) is 4.74 Å². The smallest absolute Gasteiger partial charge is 0.340 e. The molecule has 82 valence electrons. The fourth-order valence-corrected chi connectivity index (χ4v) is 1.59. The van der Waals surface area contributed by atoms with Gasteiger partial charge in [-0.1, -0.05) is 6.07 Å². The average molecular weight is 220 g/mol. The molecule has 0 saturated heterocycles. The molecule has 0 saturated carbocycles. The van der Waals surface area contributed by atoms with E-state index < -0.39 is 10.9 Å². The number of aromatic nitrogens is 1. The van der Waals surface area contributed by atoms with Crippen LogP contribution >= 0.6 is 0 Å². The molecule has 6 heteroatoms. The van der Waals surface area contributed by atoms with Crippen molar-refractivity contribution < 1.29 is 14.5 Å². The van der Waals surface area contributed by atoms with Crippen LogP contribution in [0, 0.1) is 10.1 Å². The van der Waals surface area contributed by atoms with Crippen molar-refractivity contribution in [2.75, 3.05) is 7.11 Å². The molecule has 1 N–H and O–H groups in total. The third-order valence-corrected chi connectivity index (χ3v) is 2.29. The van der Waals surface area contributed by atoms with Gasteiger partial charge in [-0.15, -0.1) is 0 Å². The molecule has 0 amide bonds. The number of nitro groups is 1. The number of fused-ring (bicyclic) bond motifs is 1. The van der Waals surface area contributed by atoms with Gasteiger partial charge in [0.2, 0.25) is 0 Å². The van der Waals surface area contributed by atoms with Crippen LogP contribution in [0.15, 0.2) is 24.4 Å². The van der Waals surface area contributed by atoms with Crippen molar-refractivity contribution in [1.29, 1.82) is 0 Å². The summed E-state index contributed by atoms with van der Waals surface area (Å²) in [5.74, 6) is -0.597. The summed E-state index contributed by atoms with van der Waals surface area (Å²) in [4.78, 5) is 24.5. The quantitative estimate of drug-likeness (QED) is 0.475. The highest BCUT2D eigenvalue weighted by Gasteiger charge is 2.20. The maximum absolute atomic E-state index is 11.4. The number of methoxy groups -OCH3 is 1. The van der Waals surface area contributed by atoms with Crippen LogP contribution in [0.2, 0.25) is 0 Å². The summed E-state index contributed by atoms with van der Waals surface area (Å²) in [5, 5.41) is 11.1. The summed E-state index contributed by atoms with van der Waals surface area (Å²) in [6, 6.07) is 4.56. The monoisotopic (exact) mass is 220 g/mol. The maximum atomic E-state index is 11.4. The van der Waals surface area contributed by atoms with E-state index in [1.54, 1.807) is 12.1 Å². The van der Waals surface area contributed by atoms with Crippen molar-refractivity contribution in [2.24, 2.45) is 0 Å². The number of hydrogen-bond donors (Lipinski definition) is 1. The number of non-ortho nitro benzene ring substituents is 1. The molecular weight excluding hydrogens is 212 g/mol. The van der Waals surface area contributed by atoms with Gasteiger partial charge in [-0.3, -0.25) is 10.1 Å². The van der Waals surface area contributed by atoms with E-state index in [9.17, 15) is 14.9 Å². The molecule has 0 atom stereocenters. The molecule has 0 aliphatic carbocycles. The number of benzene rings is 1. The van der Waals surface area contributed by atoms with Gasteiger partial charge in [-0.25, -0.2) is 4.79 Å². The van der Waals surface area contributed by atoms with Crippen molar-refractivity contribution in [3.05, 3.63) is 40.1 Å². The molecule has 0 aliphatic rings. The van der Waals surface area contributed by atoms with Crippen molar-refractivity contribution in [1.82, 2.24) is 4.98 Å². The number of H-pyrrole nitrogens is 1. The normalized spacial score (nSPS) is 10.3. The van der Waals surface area contributed by atoms with Crippen LogP contribution in [0.1, 0.15) is 10.4 Å². The van der Waals surface area contributed by atoms with Gasteiger partial charge in [0.15, 0.2) is 0 Å². The van der Waals surface area contributed by atoms with Crippen molar-refractivity contribution in [3.8, 4) is 0 Å². The second-order valence-corrected chi connectivity index (χ2v) is 3.15. The zero-order chi connectivity index (χ0) is 11.7. The zero-order valence-corrected chi connectivity index (χ0v) is 8.39. The Kier molecular flexibility index (Phi) is 2.32. The first kappa shape index (κ1) is 10.2. The molecular formula is C10H8N2O4. The Hall–Kier alpha value is -2.37. The second-order valence-electron chi connectivity index (χ2n) is 3.15. The van der Waals surface area contributed by atoms with Crippen LogP contribution in [-0.4, -0.2) is 23.0 Å². The minimum Gasteiger partial charge on any atom is -0.465 e. The van der Waals surface area contributed by atoms with Gasteiger partial charge in [-0.05, 0) is 6.07 Å². The van der Waals surface area contributed by atoms with Gasteiger partial charge < -0.3 is 9.72 Å². The van der Waals surface area contributed by atoms with Gasteiger partial charge in [0.25, 0.3) is 5.69 Å². The molecule has 0 aliphatic heterocycles. The summed E-state index contributed by atoms with van der Waals surface area (Å²) < 4.78 is 4.56. The standard InChI is InChI=1S/C10H8N2O4/c1-16-10(13)6-5-11-7-3-2-4-8(9(6)7)12(14)15/h2-5,11H,1H3. The molecule has 1 aromatic heterocycles. The van der Waals surface area contributed by atoms with Gasteiger partial charge in [0.1, 0.15) is 0 Å². The molecule has 6 nitrogen and oxygen atoms in total. The Morgan fingerprint density at radius 2 is 2.25 bits per heavy atom. The third-order valence-electron chi connectivity index (χ3n) is 2.29. The zero-order valence-electron chi connectivity index (χ0n) is 8.39. The molecule has 0 fully saturated rings. The second kappa shape index (κ2) is 3.65. The Morgan fingerprint density at radius 3 is 2.88 bits per heavy atom. The van der Waals surface area contributed by atoms with E-state index in [1.165, 1.54) is 19.4 Å². The number of ether oxygens (including phenoxy) is 1. The fourth-order valence-electron chi connectivity index (χ4n) is 1.59. The molecule has 0 bridgehead atoms. The minimum atomic E-state index is -0.597. The lowest BCUT2D eigenvalue weighted by atomic mass is 10.1. The van der Waals surface area contributed by atoms with E-state index in [1.807, 2.05) is 0 Å². The first-order chi connectivity index (χ1) is 7.65. The number of carbonyl (C=O) groups is 1. The predicted molar refractivity (Wildman–Crippen MR) is 56.3 cm³/mol. The molecule has 2 rings (SSSR count). The highest BCUT2D eigenvalue weighted by Crippen LogP contribution is 2.28. The number of nitrogens with one attached hydrogen (secondary N) is 1. The first-order valence-corrected chi connectivity index (χ1v) is 4.48. The van der Waals surface area contributed by atoms with Crippen LogP contribution in [0.4, 0.5) is 5.69 Å². The molecule has 1 aromatic carbocycles. The highest BCUT2D eigenvalue weighted by atomic mass is 16.6. The largest absolute Gasteiger partial charge is 0.465 e. The summed E-state index contributed by atoms with van der Waals surface area (Å²) in [7, 11) is 1.23. The number of hydrogen-bond acceptors (Lipinski definition) is 4. The van der Waals surface area contributed by atoms with E-state index in [0.717, 1.165) is 0 Å². The van der Waals surface area contributed by atoms with Crippen LogP contribution in [0.3, 0.4) is 0 Å². The molecule has 0 spiro atoms. The Labute approximate surface area is 90.0 Å². The first-order valence-electron chi connectivity index (χ1n) is 4.48. The number of nitrogens with zero attached hydrogens (tertiary/aromatic N) is 1. The highest BCUT2D eigenvalue weighted by molar-refractivity contribution is 6.07. The van der Waals surface area contributed by atoms with Gasteiger partial charge >= 0.3 is 5.97 Å². The number of esters is 1. The summed E-state index contributed by atoms with van der Waals surface area (Å²) in [6.45, 7) is 0. The van der Waals surface area contributed by atoms with E-state index in [-0.39, 0.29) is 16.6 Å². The Balaban J connectivity index is 2.77. The lowest BCUT2D eigenvalue weighted by Gasteiger charge is -1.97. The molecule has 16 heavy (non-hydrogen) atoms. The lowest BCUT2D eigenvalue weighted by molar-refractivity contribution is -0.383. The molecule has 0 radical (unpaired) electrons. The van der Waals surface area contributed by atoms with Gasteiger partial charge in [0, 0.05) is 12.3 Å². The topological polar surface area (TPSA) is 85.2 Å².